The lowest BCUT2D eigenvalue weighted by Gasteiger charge is -2.11. The van der Waals surface area contributed by atoms with E-state index in [1.165, 1.54) is 5.56 Å². The molecule has 0 aromatic heterocycles. The number of rotatable bonds is 4. The van der Waals surface area contributed by atoms with E-state index in [2.05, 4.69) is 6.92 Å². The maximum atomic E-state index is 9.05. The summed E-state index contributed by atoms with van der Waals surface area (Å²) in [6.45, 7) is 4.16. The molecule has 1 atom stereocenters. The summed E-state index contributed by atoms with van der Waals surface area (Å²) in [5.41, 5.74) is 1.18. The van der Waals surface area contributed by atoms with Crippen LogP contribution in [0, 0.1) is 0 Å². The van der Waals surface area contributed by atoms with Gasteiger partial charge in [-0.15, -0.1) is 0 Å². The summed E-state index contributed by atoms with van der Waals surface area (Å²) in [7, 11) is 0. The summed E-state index contributed by atoms with van der Waals surface area (Å²) in [6, 6.07) is 7.91. The van der Waals surface area contributed by atoms with E-state index in [9.17, 15) is 0 Å². The molecule has 0 bridgehead atoms. The molecule has 0 amide bonds. The highest BCUT2D eigenvalue weighted by Gasteiger charge is 2.01. The van der Waals surface area contributed by atoms with Gasteiger partial charge in [0.05, 0.1) is 6.10 Å². The van der Waals surface area contributed by atoms with Gasteiger partial charge < -0.3 is 9.84 Å². The van der Waals surface area contributed by atoms with Gasteiger partial charge in [0.2, 0.25) is 0 Å². The van der Waals surface area contributed by atoms with E-state index in [0.717, 1.165) is 12.2 Å². The van der Waals surface area contributed by atoms with Gasteiger partial charge in [0, 0.05) is 0 Å². The van der Waals surface area contributed by atoms with E-state index in [1.807, 2.05) is 24.3 Å². The molecule has 0 aliphatic heterocycles. The van der Waals surface area contributed by atoms with Crippen molar-refractivity contribution in [2.24, 2.45) is 0 Å². The van der Waals surface area contributed by atoms with Crippen molar-refractivity contribution in [3.63, 3.8) is 0 Å². The Morgan fingerprint density at radius 1 is 1.38 bits per heavy atom. The molecule has 1 aromatic rings. The molecule has 0 spiro atoms. The van der Waals surface area contributed by atoms with Gasteiger partial charge in [0.25, 0.3) is 0 Å². The van der Waals surface area contributed by atoms with Gasteiger partial charge in [-0.25, -0.2) is 0 Å². The molecule has 1 unspecified atom stereocenters. The average Bonchev–Trinajstić information content (AvgIpc) is 2.15. The maximum Gasteiger partial charge on any atom is 0.122 e. The van der Waals surface area contributed by atoms with Crippen LogP contribution in [-0.4, -0.2) is 17.8 Å². The minimum atomic E-state index is -0.412. The molecule has 0 aliphatic carbocycles. The largest absolute Gasteiger partial charge is 0.491 e. The Hall–Kier alpha value is -1.02. The highest BCUT2D eigenvalue weighted by atomic mass is 16.5. The van der Waals surface area contributed by atoms with Gasteiger partial charge in [0.1, 0.15) is 12.4 Å². The van der Waals surface area contributed by atoms with Crippen LogP contribution in [0.25, 0.3) is 0 Å². The summed E-state index contributed by atoms with van der Waals surface area (Å²) in [5.74, 6) is 0.880. The van der Waals surface area contributed by atoms with Crippen molar-refractivity contribution in [1.82, 2.24) is 0 Å². The van der Waals surface area contributed by atoms with E-state index >= 15 is 0 Å². The Bertz CT molecular complexity index is 256. The van der Waals surface area contributed by atoms with Gasteiger partial charge in [0.15, 0.2) is 0 Å². The fraction of sp³-hybridized carbons (Fsp3) is 0.455. The molecule has 0 heterocycles. The SMILES string of the molecule is CCc1ccccc1OCC(C)O. The average molecular weight is 180 g/mol. The Morgan fingerprint density at radius 2 is 2.08 bits per heavy atom. The zero-order chi connectivity index (χ0) is 9.68. The maximum absolute atomic E-state index is 9.05. The molecule has 2 nitrogen and oxygen atoms in total. The van der Waals surface area contributed by atoms with Crippen LogP contribution in [0.3, 0.4) is 0 Å². The topological polar surface area (TPSA) is 29.5 Å². The van der Waals surface area contributed by atoms with Crippen LogP contribution in [0.15, 0.2) is 24.3 Å². The molecule has 0 radical (unpaired) electrons. The van der Waals surface area contributed by atoms with Crippen molar-refractivity contribution in [2.75, 3.05) is 6.61 Å². The van der Waals surface area contributed by atoms with Gasteiger partial charge in [-0.2, -0.15) is 0 Å². The van der Waals surface area contributed by atoms with E-state index in [4.69, 9.17) is 9.84 Å². The van der Waals surface area contributed by atoms with Crippen molar-refractivity contribution in [1.29, 1.82) is 0 Å². The van der Waals surface area contributed by atoms with Crippen LogP contribution in [0.4, 0.5) is 0 Å². The van der Waals surface area contributed by atoms with E-state index in [-0.39, 0.29) is 0 Å². The summed E-state index contributed by atoms with van der Waals surface area (Å²) >= 11 is 0. The number of aryl methyl sites for hydroxylation is 1. The summed E-state index contributed by atoms with van der Waals surface area (Å²) in [5, 5.41) is 9.05. The van der Waals surface area contributed by atoms with Crippen molar-refractivity contribution in [3.8, 4) is 5.75 Å². The molecule has 2 heteroatoms. The number of aliphatic hydroxyl groups excluding tert-OH is 1. The van der Waals surface area contributed by atoms with E-state index in [0.29, 0.717) is 6.61 Å². The minimum absolute atomic E-state index is 0.358. The van der Waals surface area contributed by atoms with Crippen molar-refractivity contribution < 1.29 is 9.84 Å². The van der Waals surface area contributed by atoms with Crippen LogP contribution < -0.4 is 4.74 Å². The van der Waals surface area contributed by atoms with E-state index in [1.54, 1.807) is 6.92 Å². The summed E-state index contributed by atoms with van der Waals surface area (Å²) < 4.78 is 5.44. The second-order valence-corrected chi connectivity index (χ2v) is 3.12. The molecule has 72 valence electrons. The van der Waals surface area contributed by atoms with Crippen molar-refractivity contribution in [2.45, 2.75) is 26.4 Å². The molecule has 1 aromatic carbocycles. The molecule has 0 fully saturated rings. The lowest BCUT2D eigenvalue weighted by atomic mass is 10.1. The van der Waals surface area contributed by atoms with Crippen LogP contribution in [0.1, 0.15) is 19.4 Å². The molecular formula is C11H16O2. The number of para-hydroxylation sites is 1. The normalized spacial score (nSPS) is 12.5. The molecule has 0 aliphatic rings. The summed E-state index contributed by atoms with van der Waals surface area (Å²) in [6.07, 6.45) is 0.542. The van der Waals surface area contributed by atoms with Crippen LogP contribution in [-0.2, 0) is 6.42 Å². The number of hydrogen-bond acceptors (Lipinski definition) is 2. The van der Waals surface area contributed by atoms with Gasteiger partial charge in [-0.05, 0) is 25.0 Å². The zero-order valence-electron chi connectivity index (χ0n) is 8.16. The fourth-order valence-electron chi connectivity index (χ4n) is 1.15. The predicted molar refractivity (Wildman–Crippen MR) is 53.0 cm³/mol. The molecule has 1 rings (SSSR count). The van der Waals surface area contributed by atoms with E-state index < -0.39 is 6.10 Å². The van der Waals surface area contributed by atoms with Crippen LogP contribution >= 0.6 is 0 Å². The Kier molecular flexibility index (Phi) is 3.77. The van der Waals surface area contributed by atoms with Gasteiger partial charge in [-0.1, -0.05) is 25.1 Å². The molecule has 0 saturated carbocycles. The smallest absolute Gasteiger partial charge is 0.122 e. The number of aliphatic hydroxyl groups is 1. The van der Waals surface area contributed by atoms with Gasteiger partial charge >= 0.3 is 0 Å². The minimum Gasteiger partial charge on any atom is -0.491 e. The highest BCUT2D eigenvalue weighted by molar-refractivity contribution is 5.33. The monoisotopic (exact) mass is 180 g/mol. The quantitative estimate of drug-likeness (QED) is 0.768. The second kappa shape index (κ2) is 4.87. The number of hydrogen-bond donors (Lipinski definition) is 1. The Labute approximate surface area is 79.2 Å². The number of ether oxygens (including phenoxy) is 1. The first-order valence-electron chi connectivity index (χ1n) is 4.62. The second-order valence-electron chi connectivity index (χ2n) is 3.12. The van der Waals surface area contributed by atoms with Crippen molar-refractivity contribution >= 4 is 0 Å². The number of benzene rings is 1. The lowest BCUT2D eigenvalue weighted by molar-refractivity contribution is 0.122. The van der Waals surface area contributed by atoms with Crippen molar-refractivity contribution in [3.05, 3.63) is 29.8 Å². The predicted octanol–water partition coefficient (Wildman–Crippen LogP) is 2.01. The molecule has 1 N–H and O–H groups in total. The van der Waals surface area contributed by atoms with Crippen LogP contribution in [0.5, 0.6) is 5.75 Å². The van der Waals surface area contributed by atoms with Gasteiger partial charge in [-0.3, -0.25) is 0 Å². The Balaban J connectivity index is 2.64. The van der Waals surface area contributed by atoms with Crippen LogP contribution in [0.2, 0.25) is 0 Å². The molecule has 0 saturated heterocycles. The Morgan fingerprint density at radius 3 is 2.69 bits per heavy atom. The zero-order valence-corrected chi connectivity index (χ0v) is 8.16. The first kappa shape index (κ1) is 10.1. The highest BCUT2D eigenvalue weighted by Crippen LogP contribution is 2.18. The third-order valence-electron chi connectivity index (χ3n) is 1.83. The fourth-order valence-corrected chi connectivity index (χ4v) is 1.15. The molecular weight excluding hydrogens is 164 g/mol. The first-order chi connectivity index (χ1) is 6.24. The lowest BCUT2D eigenvalue weighted by Crippen LogP contribution is -2.13. The third kappa shape index (κ3) is 3.07. The third-order valence-corrected chi connectivity index (χ3v) is 1.83. The standard InChI is InChI=1S/C11H16O2/c1-3-10-6-4-5-7-11(10)13-8-9(2)12/h4-7,9,12H,3,8H2,1-2H3. The molecule has 13 heavy (non-hydrogen) atoms. The first-order valence-corrected chi connectivity index (χ1v) is 4.62. The summed E-state index contributed by atoms with van der Waals surface area (Å²) in [4.78, 5) is 0.